The molecular weight excluding hydrogens is 264 g/mol. The lowest BCUT2D eigenvalue weighted by atomic mass is 10.2. The summed E-state index contributed by atoms with van der Waals surface area (Å²) in [4.78, 5) is 2.43. The summed E-state index contributed by atoms with van der Waals surface area (Å²) in [5, 5.41) is 4.69. The molecule has 0 spiro atoms. The van der Waals surface area contributed by atoms with Crippen molar-refractivity contribution in [3.8, 4) is 5.75 Å². The number of fused-ring (bicyclic) bond motifs is 1. The molecule has 0 radical (unpaired) electrons. The summed E-state index contributed by atoms with van der Waals surface area (Å²) >= 11 is 0. The third kappa shape index (κ3) is 2.92. The number of para-hydroxylation sites is 1. The van der Waals surface area contributed by atoms with E-state index < -0.39 is 0 Å². The van der Waals surface area contributed by atoms with Gasteiger partial charge in [-0.25, -0.2) is 0 Å². The molecule has 0 aliphatic carbocycles. The van der Waals surface area contributed by atoms with Gasteiger partial charge < -0.3 is 19.4 Å². The average molecular weight is 288 g/mol. The molecule has 0 saturated carbocycles. The number of methoxy groups -OCH3 is 1. The lowest BCUT2D eigenvalue weighted by Gasteiger charge is -2.21. The molecule has 3 rings (SSSR count). The Morgan fingerprint density at radius 2 is 2.33 bits per heavy atom. The lowest BCUT2D eigenvalue weighted by Crippen LogP contribution is -2.36. The van der Waals surface area contributed by atoms with Gasteiger partial charge in [0.1, 0.15) is 5.76 Å². The molecule has 4 heteroatoms. The van der Waals surface area contributed by atoms with Crippen molar-refractivity contribution in [3.05, 3.63) is 30.0 Å². The van der Waals surface area contributed by atoms with Crippen LogP contribution in [0.15, 0.2) is 28.7 Å². The van der Waals surface area contributed by atoms with Crippen LogP contribution in [-0.2, 0) is 0 Å². The second-order valence-electron chi connectivity index (χ2n) is 5.93. The van der Waals surface area contributed by atoms with Crippen molar-refractivity contribution in [2.24, 2.45) is 0 Å². The van der Waals surface area contributed by atoms with Gasteiger partial charge in [-0.2, -0.15) is 0 Å². The second-order valence-corrected chi connectivity index (χ2v) is 5.93. The summed E-state index contributed by atoms with van der Waals surface area (Å²) in [6.45, 7) is 4.37. The summed E-state index contributed by atoms with van der Waals surface area (Å²) in [5.74, 6) is 1.76. The first-order valence-corrected chi connectivity index (χ1v) is 7.69. The maximum absolute atomic E-state index is 5.99. The average Bonchev–Trinajstić information content (AvgIpc) is 3.10. The number of likely N-dealkylation sites (N-methyl/N-ethyl adjacent to an activating group) is 1. The lowest BCUT2D eigenvalue weighted by molar-refractivity contribution is 0.288. The van der Waals surface area contributed by atoms with Crippen LogP contribution in [0, 0.1) is 0 Å². The Labute approximate surface area is 126 Å². The van der Waals surface area contributed by atoms with Crippen molar-refractivity contribution in [2.45, 2.75) is 31.8 Å². The van der Waals surface area contributed by atoms with Crippen molar-refractivity contribution in [1.29, 1.82) is 0 Å². The van der Waals surface area contributed by atoms with Crippen molar-refractivity contribution in [1.82, 2.24) is 10.2 Å². The Bertz CT molecular complexity index is 608. The molecule has 1 aromatic carbocycles. The third-order valence-corrected chi connectivity index (χ3v) is 4.50. The van der Waals surface area contributed by atoms with E-state index in [9.17, 15) is 0 Å². The fraction of sp³-hybridized carbons (Fsp3) is 0.529. The summed E-state index contributed by atoms with van der Waals surface area (Å²) in [7, 11) is 3.88. The van der Waals surface area contributed by atoms with Crippen LogP contribution < -0.4 is 10.1 Å². The predicted octanol–water partition coefficient (Wildman–Crippen LogP) is 3.19. The van der Waals surface area contributed by atoms with E-state index in [-0.39, 0.29) is 6.04 Å². The highest BCUT2D eigenvalue weighted by Gasteiger charge is 2.22. The molecule has 1 aromatic heterocycles. The second kappa shape index (κ2) is 6.08. The molecule has 1 fully saturated rings. The first-order valence-electron chi connectivity index (χ1n) is 7.69. The van der Waals surface area contributed by atoms with E-state index in [1.54, 1.807) is 7.11 Å². The number of benzene rings is 1. The summed E-state index contributed by atoms with van der Waals surface area (Å²) < 4.78 is 11.3. The van der Waals surface area contributed by atoms with Crippen LogP contribution >= 0.6 is 0 Å². The Kier molecular flexibility index (Phi) is 4.17. The van der Waals surface area contributed by atoms with Crippen molar-refractivity contribution in [2.75, 3.05) is 27.2 Å². The zero-order valence-corrected chi connectivity index (χ0v) is 13.1. The van der Waals surface area contributed by atoms with Crippen molar-refractivity contribution < 1.29 is 9.15 Å². The topological polar surface area (TPSA) is 37.6 Å². The Morgan fingerprint density at radius 3 is 3.05 bits per heavy atom. The van der Waals surface area contributed by atoms with Crippen LogP contribution in [-0.4, -0.2) is 38.2 Å². The first-order chi connectivity index (χ1) is 10.2. The van der Waals surface area contributed by atoms with E-state index in [0.717, 1.165) is 29.0 Å². The fourth-order valence-corrected chi connectivity index (χ4v) is 3.08. The van der Waals surface area contributed by atoms with Crippen LogP contribution in [0.3, 0.4) is 0 Å². The quantitative estimate of drug-likeness (QED) is 0.917. The Balaban J connectivity index is 1.71. The van der Waals surface area contributed by atoms with Gasteiger partial charge in [0.25, 0.3) is 0 Å². The number of ether oxygens (including phenoxy) is 1. The zero-order chi connectivity index (χ0) is 14.8. The van der Waals surface area contributed by atoms with Gasteiger partial charge in [-0.1, -0.05) is 12.1 Å². The normalized spacial score (nSPS) is 21.0. The summed E-state index contributed by atoms with van der Waals surface area (Å²) in [6, 6.07) is 8.94. The van der Waals surface area contributed by atoms with Gasteiger partial charge in [0.2, 0.25) is 0 Å². The van der Waals surface area contributed by atoms with Gasteiger partial charge in [-0.05, 0) is 45.5 Å². The molecule has 1 N–H and O–H groups in total. The van der Waals surface area contributed by atoms with Gasteiger partial charge in [0, 0.05) is 18.0 Å². The predicted molar refractivity (Wildman–Crippen MR) is 84.8 cm³/mol. The third-order valence-electron chi connectivity index (χ3n) is 4.50. The fourth-order valence-electron chi connectivity index (χ4n) is 3.08. The van der Waals surface area contributed by atoms with Crippen molar-refractivity contribution >= 4 is 11.0 Å². The molecule has 0 amide bonds. The smallest absolute Gasteiger partial charge is 0.176 e. The van der Waals surface area contributed by atoms with Crippen LogP contribution in [0.1, 0.15) is 31.6 Å². The van der Waals surface area contributed by atoms with Gasteiger partial charge >= 0.3 is 0 Å². The molecule has 1 saturated heterocycles. The molecule has 1 aliphatic heterocycles. The molecule has 1 aliphatic rings. The van der Waals surface area contributed by atoms with Crippen LogP contribution in [0.25, 0.3) is 11.0 Å². The van der Waals surface area contributed by atoms with Gasteiger partial charge in [0.15, 0.2) is 11.3 Å². The molecule has 0 bridgehead atoms. The highest BCUT2D eigenvalue weighted by Crippen LogP contribution is 2.30. The zero-order valence-electron chi connectivity index (χ0n) is 13.1. The number of furan rings is 1. The van der Waals surface area contributed by atoms with Crippen LogP contribution in [0.2, 0.25) is 0 Å². The maximum atomic E-state index is 5.99. The summed E-state index contributed by atoms with van der Waals surface area (Å²) in [5.41, 5.74) is 0.835. The minimum absolute atomic E-state index is 0.205. The van der Waals surface area contributed by atoms with E-state index >= 15 is 0 Å². The number of rotatable bonds is 5. The van der Waals surface area contributed by atoms with E-state index in [1.165, 1.54) is 19.4 Å². The molecule has 2 atom stereocenters. The summed E-state index contributed by atoms with van der Waals surface area (Å²) in [6.07, 6.45) is 2.59. The van der Waals surface area contributed by atoms with Gasteiger partial charge in [0.05, 0.1) is 13.2 Å². The molecule has 4 nitrogen and oxygen atoms in total. The molecule has 21 heavy (non-hydrogen) atoms. The standard InChI is InChI=1S/C17H24N2O2/c1-12(18-11-14-7-5-9-19(14)2)16-10-13-6-4-8-15(20-3)17(13)21-16/h4,6,8,10,12,14,18H,5,7,9,11H2,1-3H3. The highest BCUT2D eigenvalue weighted by molar-refractivity contribution is 5.83. The first kappa shape index (κ1) is 14.4. The SMILES string of the molecule is COc1cccc2cc(C(C)NCC3CCCN3C)oc12. The van der Waals surface area contributed by atoms with Gasteiger partial charge in [-0.3, -0.25) is 0 Å². The highest BCUT2D eigenvalue weighted by atomic mass is 16.5. The van der Waals surface area contributed by atoms with E-state index in [2.05, 4.69) is 36.3 Å². The molecule has 2 unspecified atom stereocenters. The van der Waals surface area contributed by atoms with E-state index in [4.69, 9.17) is 9.15 Å². The molecule has 2 heterocycles. The number of nitrogens with zero attached hydrogens (tertiary/aromatic N) is 1. The van der Waals surface area contributed by atoms with Gasteiger partial charge in [-0.15, -0.1) is 0 Å². The van der Waals surface area contributed by atoms with Crippen LogP contribution in [0.5, 0.6) is 5.75 Å². The molecular formula is C17H24N2O2. The minimum Gasteiger partial charge on any atom is -0.493 e. The maximum Gasteiger partial charge on any atom is 0.176 e. The Hall–Kier alpha value is -1.52. The Morgan fingerprint density at radius 1 is 1.48 bits per heavy atom. The van der Waals surface area contributed by atoms with Crippen molar-refractivity contribution in [3.63, 3.8) is 0 Å². The number of likely N-dealkylation sites (tertiary alicyclic amines) is 1. The van der Waals surface area contributed by atoms with Crippen LogP contribution in [0.4, 0.5) is 0 Å². The monoisotopic (exact) mass is 288 g/mol. The molecule has 2 aromatic rings. The van der Waals surface area contributed by atoms with E-state index in [0.29, 0.717) is 6.04 Å². The largest absolute Gasteiger partial charge is 0.493 e. The minimum atomic E-state index is 0.205. The number of nitrogens with one attached hydrogen (secondary N) is 1. The number of hydrogen-bond donors (Lipinski definition) is 1. The number of hydrogen-bond acceptors (Lipinski definition) is 4. The van der Waals surface area contributed by atoms with E-state index in [1.807, 2.05) is 12.1 Å². The molecule has 114 valence electrons.